The Bertz CT molecular complexity index is 1430. The van der Waals surface area contributed by atoms with Crippen LogP contribution in [0.2, 0.25) is 0 Å². The van der Waals surface area contributed by atoms with Crippen molar-refractivity contribution >= 4 is 27.0 Å². The molecule has 2 aromatic heterocycles. The lowest BCUT2D eigenvalue weighted by Gasteiger charge is -2.15. The summed E-state index contributed by atoms with van der Waals surface area (Å²) in [6.45, 7) is 9.57. The van der Waals surface area contributed by atoms with Crippen LogP contribution in [0.1, 0.15) is 40.4 Å². The Kier molecular flexibility index (Phi) is 5.56. The number of aromatic nitrogens is 4. The van der Waals surface area contributed by atoms with Gasteiger partial charge in [0.1, 0.15) is 11.6 Å². The highest BCUT2D eigenvalue weighted by molar-refractivity contribution is 7.90. The van der Waals surface area contributed by atoms with Crippen LogP contribution in [0.3, 0.4) is 0 Å². The van der Waals surface area contributed by atoms with E-state index in [1.807, 2.05) is 6.07 Å². The third-order valence-electron chi connectivity index (χ3n) is 5.34. The van der Waals surface area contributed by atoms with Crippen LogP contribution in [-0.2, 0) is 16.4 Å². The molecular weight excluding hydrogens is 441 g/mol. The summed E-state index contributed by atoms with van der Waals surface area (Å²) in [7, 11) is -3.72. The summed E-state index contributed by atoms with van der Waals surface area (Å²) < 4.78 is 40.5. The first-order valence-electron chi connectivity index (χ1n) is 10.7. The highest BCUT2D eigenvalue weighted by atomic mass is 32.2. The minimum Gasteiger partial charge on any atom is -0.368 e. The zero-order chi connectivity index (χ0) is 24.1. The first-order valence-corrected chi connectivity index (χ1v) is 12.2. The van der Waals surface area contributed by atoms with Gasteiger partial charge in [-0.3, -0.25) is 0 Å². The van der Waals surface area contributed by atoms with Gasteiger partial charge in [-0.1, -0.05) is 26.8 Å². The molecule has 0 fully saturated rings. The number of hydrogen-bond acceptors (Lipinski definition) is 5. The third kappa shape index (κ3) is 4.37. The van der Waals surface area contributed by atoms with Crippen molar-refractivity contribution < 1.29 is 12.8 Å². The Labute approximate surface area is 192 Å². The van der Waals surface area contributed by atoms with E-state index < -0.39 is 15.3 Å². The number of fused-ring (bicyclic) bond motifs is 1. The molecule has 4 rings (SSSR count). The van der Waals surface area contributed by atoms with Crippen LogP contribution >= 0.6 is 0 Å². The zero-order valence-electron chi connectivity index (χ0n) is 19.3. The molecule has 0 unspecified atom stereocenters. The number of H-pyrrole nitrogens is 1. The molecule has 174 valence electrons. The molecule has 4 aromatic rings. The zero-order valence-corrected chi connectivity index (χ0v) is 20.2. The maximum Gasteiger partial charge on any atom is 0.244 e. The molecule has 0 bridgehead atoms. The molecule has 2 heterocycles. The summed E-state index contributed by atoms with van der Waals surface area (Å²) in [5, 5.41) is -0.667. The molecule has 9 heteroatoms. The van der Waals surface area contributed by atoms with Crippen molar-refractivity contribution in [2.75, 3.05) is 5.73 Å². The quantitative estimate of drug-likeness (QED) is 0.428. The van der Waals surface area contributed by atoms with Crippen molar-refractivity contribution in [2.24, 2.45) is 5.41 Å². The highest BCUT2D eigenvalue weighted by Gasteiger charge is 2.25. The lowest BCUT2D eigenvalue weighted by Crippen LogP contribution is -2.23. The van der Waals surface area contributed by atoms with E-state index in [0.29, 0.717) is 28.7 Å². The van der Waals surface area contributed by atoms with Gasteiger partial charge in [0.2, 0.25) is 16.0 Å². The van der Waals surface area contributed by atoms with Crippen LogP contribution in [-0.4, -0.2) is 32.6 Å². The van der Waals surface area contributed by atoms with Crippen LogP contribution in [0.4, 0.5) is 10.3 Å². The van der Waals surface area contributed by atoms with Crippen molar-refractivity contribution in [3.8, 4) is 22.5 Å². The normalized spacial score (nSPS) is 12.7. The number of hydrogen-bond donors (Lipinski definition) is 2. The monoisotopic (exact) mass is 469 g/mol. The van der Waals surface area contributed by atoms with Crippen molar-refractivity contribution in [3.63, 3.8) is 0 Å². The van der Waals surface area contributed by atoms with Crippen LogP contribution in [0.25, 0.3) is 33.5 Å². The minimum atomic E-state index is -3.72. The summed E-state index contributed by atoms with van der Waals surface area (Å²) in [6, 6.07) is 11.5. The van der Waals surface area contributed by atoms with E-state index >= 15 is 0 Å². The van der Waals surface area contributed by atoms with Crippen molar-refractivity contribution in [1.82, 2.24) is 18.9 Å². The lowest BCUT2D eigenvalue weighted by molar-refractivity contribution is 0.402. The second-order valence-electron chi connectivity index (χ2n) is 9.68. The van der Waals surface area contributed by atoms with Crippen LogP contribution in [0, 0.1) is 11.2 Å². The molecule has 0 aliphatic heterocycles. The molecule has 7 nitrogen and oxygen atoms in total. The lowest BCUT2D eigenvalue weighted by atomic mass is 9.92. The molecule has 0 aliphatic carbocycles. The summed E-state index contributed by atoms with van der Waals surface area (Å²) in [6.07, 6.45) is 0.704. The molecule has 33 heavy (non-hydrogen) atoms. The van der Waals surface area contributed by atoms with Gasteiger partial charge in [0.25, 0.3) is 0 Å². The second kappa shape index (κ2) is 7.98. The smallest absolute Gasteiger partial charge is 0.244 e. The molecule has 2 aromatic carbocycles. The Morgan fingerprint density at radius 1 is 1.06 bits per heavy atom. The maximum atomic E-state index is 13.5. The molecule has 3 N–H and O–H groups in total. The van der Waals surface area contributed by atoms with E-state index in [9.17, 15) is 12.8 Å². The standard InChI is InChI=1S/C24H28FN5O2S/c1-14(2)33(31,32)30-19-12-16(8-11-18(19)27-23(30)26)22-21(15-6-9-17(25)10-7-15)28-20(29-22)13-24(3,4)5/h6-12,14H,13H2,1-5H3,(H2,26,27)(H,28,29). The van der Waals surface area contributed by atoms with Gasteiger partial charge in [0, 0.05) is 17.5 Å². The van der Waals surface area contributed by atoms with Crippen LogP contribution in [0.15, 0.2) is 42.5 Å². The number of nitrogen functional groups attached to an aromatic ring is 1. The number of nitrogens with one attached hydrogen (secondary N) is 1. The first-order chi connectivity index (χ1) is 15.4. The van der Waals surface area contributed by atoms with Crippen molar-refractivity contribution in [1.29, 1.82) is 0 Å². The fraction of sp³-hybridized carbons (Fsp3) is 0.333. The van der Waals surface area contributed by atoms with E-state index in [1.54, 1.807) is 38.1 Å². The third-order valence-corrected chi connectivity index (χ3v) is 7.43. The van der Waals surface area contributed by atoms with E-state index in [1.165, 1.54) is 12.1 Å². The van der Waals surface area contributed by atoms with Crippen molar-refractivity contribution in [3.05, 3.63) is 54.1 Å². The van der Waals surface area contributed by atoms with E-state index in [2.05, 4.69) is 30.7 Å². The Hall–Kier alpha value is -3.20. The highest BCUT2D eigenvalue weighted by Crippen LogP contribution is 2.34. The molecule has 0 aliphatic rings. The van der Waals surface area contributed by atoms with Gasteiger partial charge in [-0.25, -0.2) is 26.7 Å². The van der Waals surface area contributed by atoms with Gasteiger partial charge < -0.3 is 10.7 Å². The fourth-order valence-electron chi connectivity index (χ4n) is 3.74. The van der Waals surface area contributed by atoms with Gasteiger partial charge in [0.15, 0.2) is 0 Å². The van der Waals surface area contributed by atoms with Gasteiger partial charge in [-0.15, -0.1) is 0 Å². The number of rotatable bonds is 5. The maximum absolute atomic E-state index is 13.5. The fourth-order valence-corrected chi connectivity index (χ4v) is 4.88. The van der Waals surface area contributed by atoms with Gasteiger partial charge in [-0.05, 0) is 55.7 Å². The Morgan fingerprint density at radius 3 is 2.30 bits per heavy atom. The largest absolute Gasteiger partial charge is 0.368 e. The molecule has 0 saturated heterocycles. The summed E-state index contributed by atoms with van der Waals surface area (Å²) in [5.41, 5.74) is 9.73. The van der Waals surface area contributed by atoms with Gasteiger partial charge in [0.05, 0.1) is 27.7 Å². The number of aromatic amines is 1. The summed E-state index contributed by atoms with van der Waals surface area (Å²) in [4.78, 5) is 12.5. The predicted octanol–water partition coefficient (Wildman–Crippen LogP) is 4.99. The molecule has 0 radical (unpaired) electrons. The number of nitrogens with two attached hydrogens (primary N) is 1. The number of nitrogens with zero attached hydrogens (tertiary/aromatic N) is 3. The van der Waals surface area contributed by atoms with Gasteiger partial charge in [-0.2, -0.15) is 0 Å². The number of anilines is 1. The number of benzene rings is 2. The summed E-state index contributed by atoms with van der Waals surface area (Å²) >= 11 is 0. The molecule has 0 spiro atoms. The number of imidazole rings is 2. The molecule has 0 atom stereocenters. The summed E-state index contributed by atoms with van der Waals surface area (Å²) in [5.74, 6) is 0.388. The predicted molar refractivity (Wildman–Crippen MR) is 130 cm³/mol. The van der Waals surface area contributed by atoms with Crippen molar-refractivity contribution in [2.45, 2.75) is 46.3 Å². The topological polar surface area (TPSA) is 107 Å². The Morgan fingerprint density at radius 2 is 1.70 bits per heavy atom. The second-order valence-corrected chi connectivity index (χ2v) is 12.0. The van der Waals surface area contributed by atoms with E-state index in [-0.39, 0.29) is 17.2 Å². The van der Waals surface area contributed by atoms with Gasteiger partial charge >= 0.3 is 0 Å². The minimum absolute atomic E-state index is 0.00242. The van der Waals surface area contributed by atoms with E-state index in [4.69, 9.17) is 10.7 Å². The number of halogens is 1. The van der Waals surface area contributed by atoms with Crippen LogP contribution in [0.5, 0.6) is 0 Å². The van der Waals surface area contributed by atoms with E-state index in [0.717, 1.165) is 21.1 Å². The molecule has 0 saturated carbocycles. The first kappa shape index (κ1) is 23.0. The van der Waals surface area contributed by atoms with Crippen LogP contribution < -0.4 is 5.73 Å². The Balaban J connectivity index is 1.94. The average molecular weight is 470 g/mol. The average Bonchev–Trinajstić information content (AvgIpc) is 3.26. The molecule has 0 amide bonds. The SMILES string of the molecule is CC(C)S(=O)(=O)n1c(N)nc2ccc(-c3nc(CC(C)(C)C)[nH]c3-c3ccc(F)cc3)cc21. The molecular formula is C24H28FN5O2S.